The lowest BCUT2D eigenvalue weighted by Gasteiger charge is -1.87. The van der Waals surface area contributed by atoms with E-state index in [4.69, 9.17) is 16.7 Å². The van der Waals surface area contributed by atoms with E-state index in [1.54, 1.807) is 6.07 Å². The van der Waals surface area contributed by atoms with Gasteiger partial charge >= 0.3 is 0 Å². The van der Waals surface area contributed by atoms with E-state index >= 15 is 0 Å². The van der Waals surface area contributed by atoms with Crippen LogP contribution in [0.3, 0.4) is 0 Å². The van der Waals surface area contributed by atoms with E-state index in [1.807, 2.05) is 12.1 Å². The van der Waals surface area contributed by atoms with E-state index in [-0.39, 0.29) is 6.61 Å². The van der Waals surface area contributed by atoms with E-state index in [9.17, 15) is 0 Å². The van der Waals surface area contributed by atoms with Crippen molar-refractivity contribution in [3.63, 3.8) is 0 Å². The van der Waals surface area contributed by atoms with Gasteiger partial charge in [-0.05, 0) is 18.2 Å². The number of aromatic nitrogens is 2. The smallest absolute Gasteiger partial charge is 0.109 e. The zero-order valence-electron chi connectivity index (χ0n) is 6.92. The molecule has 0 saturated heterocycles. The number of fused-ring (bicyclic) bond motifs is 1. The molecule has 0 spiro atoms. The van der Waals surface area contributed by atoms with Crippen LogP contribution in [0.2, 0.25) is 5.02 Å². The summed E-state index contributed by atoms with van der Waals surface area (Å²) in [4.78, 5) is 7.35. The Morgan fingerprint density at radius 3 is 3.08 bits per heavy atom. The lowest BCUT2D eigenvalue weighted by Crippen LogP contribution is -1.91. The second-order valence-electron chi connectivity index (χ2n) is 2.82. The highest BCUT2D eigenvalue weighted by Crippen LogP contribution is 2.17. The molecule has 2 N–H and O–H groups in total. The minimum atomic E-state index is 0.105. The summed E-state index contributed by atoms with van der Waals surface area (Å²) in [5.41, 5.74) is 1.80. The van der Waals surface area contributed by atoms with E-state index < -0.39 is 0 Å². The number of aromatic amines is 1. The summed E-state index contributed by atoms with van der Waals surface area (Å²) in [5, 5.41) is 9.40. The third kappa shape index (κ3) is 1.66. The van der Waals surface area contributed by atoms with Gasteiger partial charge in [0.05, 0.1) is 17.6 Å². The summed E-state index contributed by atoms with van der Waals surface area (Å²) in [6.07, 6.45) is 0.548. The molecular formula is C9H9ClN2O. The Balaban J connectivity index is 2.49. The second-order valence-corrected chi connectivity index (χ2v) is 3.26. The predicted molar refractivity (Wildman–Crippen MR) is 51.9 cm³/mol. The number of nitrogens with zero attached hydrogens (tertiary/aromatic N) is 1. The maximum Gasteiger partial charge on any atom is 0.109 e. The molecule has 0 saturated carbocycles. The van der Waals surface area contributed by atoms with Crippen LogP contribution in [0.4, 0.5) is 0 Å². The minimum absolute atomic E-state index is 0.105. The van der Waals surface area contributed by atoms with Crippen molar-refractivity contribution in [3.05, 3.63) is 29.0 Å². The first-order valence-corrected chi connectivity index (χ1v) is 4.42. The molecule has 0 radical (unpaired) electrons. The van der Waals surface area contributed by atoms with E-state index in [0.717, 1.165) is 16.9 Å². The molecule has 1 aromatic heterocycles. The molecule has 13 heavy (non-hydrogen) atoms. The van der Waals surface area contributed by atoms with Crippen molar-refractivity contribution in [1.82, 2.24) is 9.97 Å². The first kappa shape index (κ1) is 8.53. The number of nitrogens with one attached hydrogen (secondary N) is 1. The molecule has 0 fully saturated rings. The van der Waals surface area contributed by atoms with Crippen LogP contribution in [-0.2, 0) is 6.42 Å². The fourth-order valence-electron chi connectivity index (χ4n) is 1.26. The Morgan fingerprint density at radius 2 is 2.31 bits per heavy atom. The van der Waals surface area contributed by atoms with Gasteiger partial charge in [0.2, 0.25) is 0 Å². The number of halogens is 1. The van der Waals surface area contributed by atoms with Gasteiger partial charge in [-0.15, -0.1) is 0 Å². The van der Waals surface area contributed by atoms with Gasteiger partial charge in [-0.3, -0.25) is 0 Å². The van der Waals surface area contributed by atoms with Gasteiger partial charge in [0, 0.05) is 11.4 Å². The standard InChI is InChI=1S/C9H9ClN2O/c10-6-1-2-7-8(5-6)12-9(11-7)3-4-13/h1-2,5,13H,3-4H2,(H,11,12). The maximum atomic E-state index is 8.71. The maximum absolute atomic E-state index is 8.71. The number of imidazole rings is 1. The molecule has 3 nitrogen and oxygen atoms in total. The van der Waals surface area contributed by atoms with Gasteiger partial charge in [-0.1, -0.05) is 11.6 Å². The highest BCUT2D eigenvalue weighted by atomic mass is 35.5. The molecule has 0 atom stereocenters. The van der Waals surface area contributed by atoms with Crippen molar-refractivity contribution in [2.75, 3.05) is 6.61 Å². The van der Waals surface area contributed by atoms with Crippen LogP contribution in [0.15, 0.2) is 18.2 Å². The summed E-state index contributed by atoms with van der Waals surface area (Å²) in [5.74, 6) is 0.791. The van der Waals surface area contributed by atoms with E-state index in [0.29, 0.717) is 11.4 Å². The molecule has 1 heterocycles. The van der Waals surface area contributed by atoms with Gasteiger partial charge < -0.3 is 10.1 Å². The van der Waals surface area contributed by atoms with Gasteiger partial charge in [0.15, 0.2) is 0 Å². The zero-order valence-corrected chi connectivity index (χ0v) is 7.67. The molecule has 1 aromatic carbocycles. The van der Waals surface area contributed by atoms with Crippen LogP contribution >= 0.6 is 11.6 Å². The number of hydrogen-bond acceptors (Lipinski definition) is 2. The first-order chi connectivity index (χ1) is 6.29. The lowest BCUT2D eigenvalue weighted by molar-refractivity contribution is 0.297. The van der Waals surface area contributed by atoms with Crippen LogP contribution in [0.25, 0.3) is 11.0 Å². The van der Waals surface area contributed by atoms with Crippen LogP contribution in [0.5, 0.6) is 0 Å². The fraction of sp³-hybridized carbons (Fsp3) is 0.222. The van der Waals surface area contributed by atoms with Crippen LogP contribution in [0, 0.1) is 0 Å². The van der Waals surface area contributed by atoms with Crippen molar-refractivity contribution >= 4 is 22.6 Å². The van der Waals surface area contributed by atoms with E-state index in [1.165, 1.54) is 0 Å². The molecular weight excluding hydrogens is 188 g/mol. The van der Waals surface area contributed by atoms with Crippen LogP contribution in [-0.4, -0.2) is 21.7 Å². The Kier molecular flexibility index (Phi) is 2.20. The SMILES string of the molecule is OCCc1nc2ccc(Cl)cc2[nH]1. The fourth-order valence-corrected chi connectivity index (χ4v) is 1.43. The third-order valence-corrected chi connectivity index (χ3v) is 2.08. The summed E-state index contributed by atoms with van der Waals surface area (Å²) in [7, 11) is 0. The molecule has 4 heteroatoms. The molecule has 0 unspecified atom stereocenters. The number of rotatable bonds is 2. The van der Waals surface area contributed by atoms with Crippen molar-refractivity contribution < 1.29 is 5.11 Å². The Morgan fingerprint density at radius 1 is 1.46 bits per heavy atom. The average molecular weight is 197 g/mol. The van der Waals surface area contributed by atoms with Crippen molar-refractivity contribution in [2.45, 2.75) is 6.42 Å². The Bertz CT molecular complexity index is 424. The molecule has 0 amide bonds. The van der Waals surface area contributed by atoms with Crippen LogP contribution in [0.1, 0.15) is 5.82 Å². The number of H-pyrrole nitrogens is 1. The lowest BCUT2D eigenvalue weighted by atomic mass is 10.3. The summed E-state index contributed by atoms with van der Waals surface area (Å²) in [6.45, 7) is 0.105. The van der Waals surface area contributed by atoms with Gasteiger partial charge in [-0.25, -0.2) is 4.98 Å². The first-order valence-electron chi connectivity index (χ1n) is 4.04. The molecule has 2 aromatic rings. The van der Waals surface area contributed by atoms with Crippen LogP contribution < -0.4 is 0 Å². The normalized spacial score (nSPS) is 10.9. The highest BCUT2D eigenvalue weighted by molar-refractivity contribution is 6.31. The van der Waals surface area contributed by atoms with Crippen molar-refractivity contribution in [3.8, 4) is 0 Å². The number of aliphatic hydroxyl groups excluding tert-OH is 1. The quantitative estimate of drug-likeness (QED) is 0.769. The topological polar surface area (TPSA) is 48.9 Å². The molecule has 0 aliphatic rings. The number of benzene rings is 1. The minimum Gasteiger partial charge on any atom is -0.396 e. The van der Waals surface area contributed by atoms with E-state index in [2.05, 4.69) is 9.97 Å². The van der Waals surface area contributed by atoms with Gasteiger partial charge in [0.1, 0.15) is 5.82 Å². The highest BCUT2D eigenvalue weighted by Gasteiger charge is 2.01. The predicted octanol–water partition coefficient (Wildman–Crippen LogP) is 1.75. The molecule has 0 aliphatic carbocycles. The van der Waals surface area contributed by atoms with Crippen molar-refractivity contribution in [1.29, 1.82) is 0 Å². The monoisotopic (exact) mass is 196 g/mol. The molecule has 2 rings (SSSR count). The molecule has 68 valence electrons. The largest absolute Gasteiger partial charge is 0.396 e. The average Bonchev–Trinajstić information content (AvgIpc) is 2.46. The summed E-state index contributed by atoms with van der Waals surface area (Å²) in [6, 6.07) is 5.48. The molecule has 0 bridgehead atoms. The second kappa shape index (κ2) is 3.36. The summed E-state index contributed by atoms with van der Waals surface area (Å²) < 4.78 is 0. The van der Waals surface area contributed by atoms with Crippen molar-refractivity contribution in [2.24, 2.45) is 0 Å². The number of aliphatic hydroxyl groups is 1. The van der Waals surface area contributed by atoms with Gasteiger partial charge in [0.25, 0.3) is 0 Å². The molecule has 0 aliphatic heterocycles. The Hall–Kier alpha value is -1.06. The summed E-state index contributed by atoms with van der Waals surface area (Å²) >= 11 is 5.81. The zero-order chi connectivity index (χ0) is 9.26. The third-order valence-electron chi connectivity index (χ3n) is 1.84. The number of hydrogen-bond donors (Lipinski definition) is 2. The Labute approximate surface area is 80.4 Å². The van der Waals surface area contributed by atoms with Gasteiger partial charge in [-0.2, -0.15) is 0 Å².